The first kappa shape index (κ1) is 20.3. The van der Waals surface area contributed by atoms with E-state index in [1.54, 1.807) is 18.2 Å². The zero-order chi connectivity index (χ0) is 21.3. The van der Waals surface area contributed by atoms with Crippen molar-refractivity contribution < 1.29 is 14.3 Å². The number of nitrogens with zero attached hydrogens (tertiary/aromatic N) is 1. The van der Waals surface area contributed by atoms with E-state index in [2.05, 4.69) is 21.2 Å². The highest BCUT2D eigenvalue weighted by Crippen LogP contribution is 2.32. The van der Waals surface area contributed by atoms with Crippen molar-refractivity contribution in [2.75, 3.05) is 11.5 Å². The van der Waals surface area contributed by atoms with Crippen molar-refractivity contribution in [1.82, 2.24) is 5.32 Å². The van der Waals surface area contributed by atoms with Gasteiger partial charge in [-0.1, -0.05) is 46.3 Å². The topological polar surface area (TPSA) is 58.6 Å². The average molecular weight is 481 g/mol. The Morgan fingerprint density at radius 3 is 2.53 bits per heavy atom. The molecule has 1 aliphatic heterocycles. The Morgan fingerprint density at radius 2 is 1.80 bits per heavy atom. The average Bonchev–Trinajstić information content (AvgIpc) is 2.73. The molecule has 3 aromatic rings. The molecule has 0 spiro atoms. The molecule has 5 nitrogen and oxygen atoms in total. The molecule has 30 heavy (non-hydrogen) atoms. The maximum Gasteiger partial charge on any atom is 0.270 e. The Labute approximate surface area is 187 Å². The highest BCUT2D eigenvalue weighted by Gasteiger charge is 2.34. The summed E-state index contributed by atoms with van der Waals surface area (Å²) in [5.74, 6) is -0.414. The third-order valence-corrected chi connectivity index (χ3v) is 5.52. The van der Waals surface area contributed by atoms with Crippen LogP contribution in [0.25, 0.3) is 16.8 Å². The predicted molar refractivity (Wildman–Crippen MR) is 125 cm³/mol. The summed E-state index contributed by atoms with van der Waals surface area (Å²) in [7, 11) is 0. The highest BCUT2D eigenvalue weighted by molar-refractivity contribution is 9.10. The fourth-order valence-corrected chi connectivity index (χ4v) is 3.88. The lowest BCUT2D eigenvalue weighted by atomic mass is 9.99. The van der Waals surface area contributed by atoms with Crippen molar-refractivity contribution in [2.24, 2.45) is 0 Å². The summed E-state index contributed by atoms with van der Waals surface area (Å²) < 4.78 is 6.64. The molecular weight excluding hydrogens is 464 g/mol. The van der Waals surface area contributed by atoms with E-state index in [0.717, 1.165) is 15.2 Å². The van der Waals surface area contributed by atoms with Crippen LogP contribution in [0.5, 0.6) is 5.75 Å². The Bertz CT molecular complexity index is 1200. The molecule has 1 fully saturated rings. The molecular formula is C23H17BrN2O3S. The van der Waals surface area contributed by atoms with Crippen molar-refractivity contribution in [1.29, 1.82) is 0 Å². The third-order valence-electron chi connectivity index (χ3n) is 4.71. The number of carbonyl (C=O) groups is 2. The molecule has 0 radical (unpaired) electrons. The van der Waals surface area contributed by atoms with Gasteiger partial charge in [0.2, 0.25) is 0 Å². The lowest BCUT2D eigenvalue weighted by molar-refractivity contribution is -0.122. The predicted octanol–water partition coefficient (Wildman–Crippen LogP) is 4.83. The maximum atomic E-state index is 13.3. The Balaban J connectivity index is 1.85. The van der Waals surface area contributed by atoms with Gasteiger partial charge in [-0.15, -0.1) is 0 Å². The van der Waals surface area contributed by atoms with Gasteiger partial charge >= 0.3 is 0 Å². The van der Waals surface area contributed by atoms with Gasteiger partial charge in [0.15, 0.2) is 5.11 Å². The summed E-state index contributed by atoms with van der Waals surface area (Å²) in [5.41, 5.74) is 1.24. The molecule has 150 valence electrons. The first-order valence-electron chi connectivity index (χ1n) is 9.31. The number of anilines is 1. The highest BCUT2D eigenvalue weighted by atomic mass is 79.9. The van der Waals surface area contributed by atoms with E-state index in [0.29, 0.717) is 23.6 Å². The standard InChI is InChI=1S/C23H17BrN2O3S/c1-2-29-20-12-7-14-5-3-4-6-17(14)18(20)13-19-21(27)25-23(30)26(22(19)28)16-10-8-15(24)9-11-16/h3-13H,2H2,1H3,(H,25,27,30). The summed E-state index contributed by atoms with van der Waals surface area (Å²) in [6.07, 6.45) is 1.58. The monoisotopic (exact) mass is 480 g/mol. The fraction of sp³-hybridized carbons (Fsp3) is 0.0870. The molecule has 0 atom stereocenters. The van der Waals surface area contributed by atoms with Crippen LogP contribution in [0.1, 0.15) is 12.5 Å². The molecule has 1 saturated heterocycles. The second-order valence-corrected chi connectivity index (χ2v) is 7.87. The van der Waals surface area contributed by atoms with Crippen LogP contribution >= 0.6 is 28.1 Å². The first-order chi connectivity index (χ1) is 14.5. The molecule has 4 rings (SSSR count). The number of fused-ring (bicyclic) bond motifs is 1. The van der Waals surface area contributed by atoms with Gasteiger partial charge in [-0.05, 0) is 66.3 Å². The van der Waals surface area contributed by atoms with Crippen LogP contribution < -0.4 is 15.0 Å². The van der Waals surface area contributed by atoms with Gasteiger partial charge in [0, 0.05) is 10.0 Å². The van der Waals surface area contributed by atoms with Gasteiger partial charge in [0.25, 0.3) is 11.8 Å². The second-order valence-electron chi connectivity index (χ2n) is 6.57. The number of thiocarbonyl (C=S) groups is 1. The summed E-state index contributed by atoms with van der Waals surface area (Å²) in [6, 6.07) is 18.7. The molecule has 3 aromatic carbocycles. The Kier molecular flexibility index (Phi) is 5.65. The number of ether oxygens (including phenoxy) is 1. The van der Waals surface area contributed by atoms with Crippen molar-refractivity contribution >= 4 is 67.6 Å². The van der Waals surface area contributed by atoms with Gasteiger partial charge in [-0.3, -0.25) is 19.8 Å². The zero-order valence-corrected chi connectivity index (χ0v) is 18.4. The smallest absolute Gasteiger partial charge is 0.270 e. The molecule has 0 unspecified atom stereocenters. The molecule has 1 heterocycles. The van der Waals surface area contributed by atoms with E-state index >= 15 is 0 Å². The van der Waals surface area contributed by atoms with Crippen LogP contribution in [0.4, 0.5) is 5.69 Å². The lowest BCUT2D eigenvalue weighted by Crippen LogP contribution is -2.54. The lowest BCUT2D eigenvalue weighted by Gasteiger charge is -2.29. The fourth-order valence-electron chi connectivity index (χ4n) is 3.33. The number of rotatable bonds is 4. The van der Waals surface area contributed by atoms with Crippen molar-refractivity contribution in [3.05, 3.63) is 76.3 Å². The quantitative estimate of drug-likeness (QED) is 0.330. The molecule has 1 N–H and O–H groups in total. The van der Waals surface area contributed by atoms with E-state index in [-0.39, 0.29) is 10.7 Å². The summed E-state index contributed by atoms with van der Waals surface area (Å²) >= 11 is 8.65. The van der Waals surface area contributed by atoms with Gasteiger partial charge in [-0.25, -0.2) is 0 Å². The normalized spacial score (nSPS) is 15.6. The zero-order valence-electron chi connectivity index (χ0n) is 16.0. The summed E-state index contributed by atoms with van der Waals surface area (Å²) in [4.78, 5) is 27.3. The number of carbonyl (C=O) groups excluding carboxylic acids is 2. The number of hydrogen-bond donors (Lipinski definition) is 1. The van der Waals surface area contributed by atoms with Crippen LogP contribution in [-0.2, 0) is 9.59 Å². The molecule has 1 aliphatic rings. The van der Waals surface area contributed by atoms with Crippen LogP contribution in [0.3, 0.4) is 0 Å². The SMILES string of the molecule is CCOc1ccc2ccccc2c1C=C1C(=O)NC(=S)N(c2ccc(Br)cc2)C1=O. The molecule has 0 aliphatic carbocycles. The van der Waals surface area contributed by atoms with Gasteiger partial charge in [-0.2, -0.15) is 0 Å². The molecule has 0 bridgehead atoms. The Hall–Kier alpha value is -3.03. The van der Waals surface area contributed by atoms with Crippen molar-refractivity contribution in [3.8, 4) is 5.75 Å². The maximum absolute atomic E-state index is 13.3. The van der Waals surface area contributed by atoms with Crippen LogP contribution in [0.2, 0.25) is 0 Å². The van der Waals surface area contributed by atoms with E-state index in [9.17, 15) is 9.59 Å². The molecule has 7 heteroatoms. The number of benzene rings is 3. The van der Waals surface area contributed by atoms with E-state index in [1.807, 2.05) is 55.5 Å². The minimum absolute atomic E-state index is 0.0103. The third kappa shape index (κ3) is 3.74. The van der Waals surface area contributed by atoms with Gasteiger partial charge in [0.05, 0.1) is 12.3 Å². The number of hydrogen-bond acceptors (Lipinski definition) is 4. The van der Waals surface area contributed by atoms with Crippen molar-refractivity contribution in [3.63, 3.8) is 0 Å². The molecule has 0 aromatic heterocycles. The number of amides is 2. The summed E-state index contributed by atoms with van der Waals surface area (Å²) in [5, 5.41) is 4.54. The summed E-state index contributed by atoms with van der Waals surface area (Å²) in [6.45, 7) is 2.35. The van der Waals surface area contributed by atoms with E-state index in [4.69, 9.17) is 17.0 Å². The molecule has 0 saturated carbocycles. The van der Waals surface area contributed by atoms with Gasteiger partial charge in [0.1, 0.15) is 11.3 Å². The second kappa shape index (κ2) is 8.38. The van der Waals surface area contributed by atoms with Crippen LogP contribution in [-0.4, -0.2) is 23.5 Å². The van der Waals surface area contributed by atoms with Crippen LogP contribution in [0, 0.1) is 0 Å². The Morgan fingerprint density at radius 1 is 1.07 bits per heavy atom. The largest absolute Gasteiger partial charge is 0.493 e. The minimum atomic E-state index is -0.534. The molecule has 2 amide bonds. The van der Waals surface area contributed by atoms with Gasteiger partial charge < -0.3 is 4.74 Å². The van der Waals surface area contributed by atoms with E-state index in [1.165, 1.54) is 4.90 Å². The van der Waals surface area contributed by atoms with E-state index < -0.39 is 11.8 Å². The number of nitrogens with one attached hydrogen (secondary N) is 1. The van der Waals surface area contributed by atoms with Crippen molar-refractivity contribution in [2.45, 2.75) is 6.92 Å². The number of halogens is 1. The first-order valence-corrected chi connectivity index (χ1v) is 10.5. The minimum Gasteiger partial charge on any atom is -0.493 e. The van der Waals surface area contributed by atoms with Crippen LogP contribution in [0.15, 0.2) is 70.7 Å².